The molecule has 0 aliphatic carbocycles. The molecule has 0 saturated heterocycles. The molecule has 114 valence electrons. The predicted octanol–water partition coefficient (Wildman–Crippen LogP) is 1.47. The van der Waals surface area contributed by atoms with Gasteiger partial charge in [0.2, 0.25) is 5.78 Å². The van der Waals surface area contributed by atoms with E-state index in [4.69, 9.17) is 10.5 Å². The minimum Gasteiger partial charge on any atom is -0.465 e. The summed E-state index contributed by atoms with van der Waals surface area (Å²) < 4.78 is 6.84. The molecular formula is C14H20N4O2S. The van der Waals surface area contributed by atoms with E-state index < -0.39 is 6.04 Å². The number of hydrogen-bond acceptors (Lipinski definition) is 6. The van der Waals surface area contributed by atoms with E-state index in [1.807, 2.05) is 30.5 Å². The number of aromatic nitrogens is 3. The first-order valence-corrected chi connectivity index (χ1v) is 7.99. The smallest absolute Gasteiger partial charge is 0.323 e. The fraction of sp³-hybridized carbons (Fsp3) is 0.500. The molecule has 0 aliphatic heterocycles. The quantitative estimate of drug-likeness (QED) is 0.814. The van der Waals surface area contributed by atoms with Crippen LogP contribution >= 0.6 is 11.8 Å². The highest BCUT2D eigenvalue weighted by Crippen LogP contribution is 2.15. The largest absolute Gasteiger partial charge is 0.465 e. The van der Waals surface area contributed by atoms with Crippen LogP contribution in [0.3, 0.4) is 0 Å². The van der Waals surface area contributed by atoms with Gasteiger partial charge in [0.05, 0.1) is 12.3 Å². The van der Waals surface area contributed by atoms with Gasteiger partial charge in [-0.25, -0.2) is 9.97 Å². The third-order valence-electron chi connectivity index (χ3n) is 2.95. The van der Waals surface area contributed by atoms with Crippen molar-refractivity contribution in [1.82, 2.24) is 14.4 Å². The Morgan fingerprint density at radius 1 is 1.48 bits per heavy atom. The summed E-state index contributed by atoms with van der Waals surface area (Å²) in [6.45, 7) is 6.10. The van der Waals surface area contributed by atoms with Gasteiger partial charge in [0.1, 0.15) is 6.04 Å². The summed E-state index contributed by atoms with van der Waals surface area (Å²) >= 11 is 1.56. The summed E-state index contributed by atoms with van der Waals surface area (Å²) in [5, 5.41) is 0. The molecule has 0 aromatic carbocycles. The van der Waals surface area contributed by atoms with Crippen LogP contribution < -0.4 is 5.73 Å². The van der Waals surface area contributed by atoms with Gasteiger partial charge >= 0.3 is 5.97 Å². The van der Waals surface area contributed by atoms with E-state index in [0.29, 0.717) is 23.9 Å². The molecule has 1 unspecified atom stereocenters. The maximum atomic E-state index is 11.4. The summed E-state index contributed by atoms with van der Waals surface area (Å²) in [6.07, 6.45) is 1.97. The number of ether oxygens (including phenoxy) is 1. The lowest BCUT2D eigenvalue weighted by Crippen LogP contribution is -2.34. The highest BCUT2D eigenvalue weighted by molar-refractivity contribution is 7.98. The maximum Gasteiger partial charge on any atom is 0.323 e. The second-order valence-corrected chi connectivity index (χ2v) is 5.85. The van der Waals surface area contributed by atoms with Crippen molar-refractivity contribution in [2.45, 2.75) is 32.6 Å². The molecule has 0 fully saturated rings. The Kier molecular flexibility index (Phi) is 5.19. The van der Waals surface area contributed by atoms with Gasteiger partial charge in [0, 0.05) is 29.1 Å². The van der Waals surface area contributed by atoms with Crippen LogP contribution in [0.25, 0.3) is 5.78 Å². The van der Waals surface area contributed by atoms with Crippen molar-refractivity contribution in [2.75, 3.05) is 12.4 Å². The van der Waals surface area contributed by atoms with Crippen molar-refractivity contribution in [3.8, 4) is 0 Å². The predicted molar refractivity (Wildman–Crippen MR) is 83.2 cm³/mol. The minimum atomic E-state index is -0.589. The molecule has 1 atom stereocenters. The number of carbonyl (C=O) groups is 1. The van der Waals surface area contributed by atoms with Crippen molar-refractivity contribution < 1.29 is 9.53 Å². The zero-order valence-electron chi connectivity index (χ0n) is 12.5. The summed E-state index contributed by atoms with van der Waals surface area (Å²) in [5.74, 6) is 1.55. The van der Waals surface area contributed by atoms with Gasteiger partial charge in [-0.3, -0.25) is 9.20 Å². The minimum absolute atomic E-state index is 0.354. The zero-order chi connectivity index (χ0) is 15.4. The number of nitrogens with zero attached hydrogens (tertiary/aromatic N) is 3. The molecular weight excluding hydrogens is 288 g/mol. The molecule has 21 heavy (non-hydrogen) atoms. The second kappa shape index (κ2) is 6.91. The van der Waals surface area contributed by atoms with Gasteiger partial charge in [0.25, 0.3) is 0 Å². The van der Waals surface area contributed by atoms with Crippen LogP contribution in [0.2, 0.25) is 0 Å². The zero-order valence-corrected chi connectivity index (χ0v) is 13.3. The molecule has 2 aromatic heterocycles. The van der Waals surface area contributed by atoms with Gasteiger partial charge in [-0.05, 0) is 26.8 Å². The lowest BCUT2D eigenvalue weighted by atomic mass is 10.3. The first kappa shape index (κ1) is 15.8. The number of fused-ring (bicyclic) bond motifs is 1. The number of carbonyl (C=O) groups excluding carboxylic acids is 1. The molecule has 2 heterocycles. The Bertz CT molecular complexity index is 641. The Balaban J connectivity index is 1.95. The molecule has 0 aliphatic rings. The van der Waals surface area contributed by atoms with E-state index in [1.54, 1.807) is 18.7 Å². The van der Waals surface area contributed by atoms with Crippen molar-refractivity contribution >= 4 is 23.5 Å². The van der Waals surface area contributed by atoms with Crippen molar-refractivity contribution in [3.05, 3.63) is 29.3 Å². The van der Waals surface area contributed by atoms with E-state index in [-0.39, 0.29) is 5.97 Å². The van der Waals surface area contributed by atoms with E-state index >= 15 is 0 Å². The molecule has 2 rings (SSSR count). The van der Waals surface area contributed by atoms with Gasteiger partial charge in [-0.2, -0.15) is 11.8 Å². The first-order chi connectivity index (χ1) is 10.0. The molecule has 0 radical (unpaired) electrons. The van der Waals surface area contributed by atoms with Gasteiger partial charge in [-0.15, -0.1) is 0 Å². The number of nitrogens with two attached hydrogens (primary N) is 1. The normalized spacial score (nSPS) is 12.6. The van der Waals surface area contributed by atoms with E-state index in [9.17, 15) is 4.79 Å². The fourth-order valence-electron chi connectivity index (χ4n) is 2.00. The third kappa shape index (κ3) is 3.95. The molecule has 0 spiro atoms. The molecule has 0 saturated carbocycles. The molecule has 2 N–H and O–H groups in total. The number of thioether (sulfide) groups is 1. The molecule has 6 nitrogen and oxygen atoms in total. The topological polar surface area (TPSA) is 82.5 Å². The molecule has 0 bridgehead atoms. The van der Waals surface area contributed by atoms with Crippen LogP contribution in [-0.2, 0) is 15.3 Å². The number of aryl methyl sites for hydroxylation is 2. The van der Waals surface area contributed by atoms with Crippen molar-refractivity contribution in [1.29, 1.82) is 0 Å². The lowest BCUT2D eigenvalue weighted by molar-refractivity contribution is -0.144. The van der Waals surface area contributed by atoms with Crippen molar-refractivity contribution in [2.24, 2.45) is 5.73 Å². The number of imidazole rings is 1. The second-order valence-electron chi connectivity index (χ2n) is 4.81. The first-order valence-electron chi connectivity index (χ1n) is 6.83. The Labute approximate surface area is 128 Å². The monoisotopic (exact) mass is 308 g/mol. The number of hydrogen-bond donors (Lipinski definition) is 1. The van der Waals surface area contributed by atoms with Crippen molar-refractivity contribution in [3.63, 3.8) is 0 Å². The number of esters is 1. The van der Waals surface area contributed by atoms with Gasteiger partial charge in [-0.1, -0.05) is 0 Å². The molecule has 0 amide bonds. The molecule has 2 aromatic rings. The van der Waals surface area contributed by atoms with Crippen LogP contribution in [0.15, 0.2) is 12.3 Å². The Hall–Kier alpha value is -1.60. The Morgan fingerprint density at radius 3 is 2.95 bits per heavy atom. The van der Waals surface area contributed by atoms with Crippen LogP contribution in [0.4, 0.5) is 0 Å². The third-order valence-corrected chi connectivity index (χ3v) is 4.04. The SMILES string of the molecule is CCOC(=O)C(N)CSCc1cn2c(C)cc(C)nc2n1. The number of rotatable bonds is 6. The highest BCUT2D eigenvalue weighted by Gasteiger charge is 2.14. The summed E-state index contributed by atoms with van der Waals surface area (Å²) in [4.78, 5) is 20.3. The lowest BCUT2D eigenvalue weighted by Gasteiger charge is -2.09. The molecule has 7 heteroatoms. The Morgan fingerprint density at radius 2 is 2.24 bits per heavy atom. The standard InChI is InChI=1S/C14H20N4O2S/c1-4-20-13(19)12(15)8-21-7-11-6-18-10(3)5-9(2)16-14(18)17-11/h5-6,12H,4,7-8,15H2,1-3H3. The van der Waals surface area contributed by atoms with Crippen LogP contribution in [0, 0.1) is 13.8 Å². The summed E-state index contributed by atoms with van der Waals surface area (Å²) in [5.41, 5.74) is 8.74. The van der Waals surface area contributed by atoms with Gasteiger partial charge in [0.15, 0.2) is 0 Å². The van der Waals surface area contributed by atoms with E-state index in [2.05, 4.69) is 9.97 Å². The average Bonchev–Trinajstić information content (AvgIpc) is 2.82. The van der Waals surface area contributed by atoms with E-state index in [1.165, 1.54) is 0 Å². The average molecular weight is 308 g/mol. The van der Waals surface area contributed by atoms with Crippen LogP contribution in [-0.4, -0.2) is 38.7 Å². The van der Waals surface area contributed by atoms with Gasteiger partial charge < -0.3 is 10.5 Å². The maximum absolute atomic E-state index is 11.4. The van der Waals surface area contributed by atoms with E-state index in [0.717, 1.165) is 17.1 Å². The van der Waals surface area contributed by atoms with Crippen LogP contribution in [0.5, 0.6) is 0 Å². The summed E-state index contributed by atoms with van der Waals surface area (Å²) in [7, 11) is 0. The summed E-state index contributed by atoms with van der Waals surface area (Å²) in [6, 6.07) is 1.43. The fourth-order valence-corrected chi connectivity index (χ4v) is 2.85. The highest BCUT2D eigenvalue weighted by atomic mass is 32.2. The van der Waals surface area contributed by atoms with Crippen LogP contribution in [0.1, 0.15) is 24.0 Å².